The lowest BCUT2D eigenvalue weighted by Crippen LogP contribution is -2.20. The van der Waals surface area contributed by atoms with Gasteiger partial charge in [-0.05, 0) is 87.3 Å². The topological polar surface area (TPSA) is 78.9 Å². The number of aromatic nitrogens is 2. The van der Waals surface area contributed by atoms with Crippen LogP contribution in [0.2, 0.25) is 5.02 Å². The van der Waals surface area contributed by atoms with Gasteiger partial charge in [-0.25, -0.2) is 9.37 Å². The molecule has 0 unspecified atom stereocenters. The molecule has 11 heteroatoms. The van der Waals surface area contributed by atoms with Crippen molar-refractivity contribution >= 4 is 71.5 Å². The number of halogens is 4. The molecule has 0 aliphatic rings. The van der Waals surface area contributed by atoms with Crippen molar-refractivity contribution in [1.82, 2.24) is 9.66 Å². The van der Waals surface area contributed by atoms with Gasteiger partial charge >= 0.3 is 0 Å². The first-order chi connectivity index (χ1) is 20.8. The molecule has 0 saturated carbocycles. The second kappa shape index (κ2) is 12.3. The lowest BCUT2D eigenvalue weighted by molar-refractivity contribution is 0.264. The zero-order chi connectivity index (χ0) is 30.1. The van der Waals surface area contributed by atoms with Crippen LogP contribution in [0.5, 0.6) is 11.5 Å². The van der Waals surface area contributed by atoms with E-state index in [1.165, 1.54) is 17.0 Å². The van der Waals surface area contributed by atoms with Gasteiger partial charge < -0.3 is 13.9 Å². The number of furan rings is 1. The molecule has 0 spiro atoms. The van der Waals surface area contributed by atoms with Crippen LogP contribution in [0.3, 0.4) is 0 Å². The SMILES string of the molecule is CCOc1cc(C=Nn2c(-c3cc4cc(Cl)ccc4o3)nc3ccccc3c2=O)c(Br)c(Br)c1OCc1ccccc1F. The van der Waals surface area contributed by atoms with E-state index in [4.69, 9.17) is 30.5 Å². The molecule has 0 N–H and O–H groups in total. The van der Waals surface area contributed by atoms with Crippen LogP contribution >= 0.6 is 43.5 Å². The molecule has 0 amide bonds. The highest BCUT2D eigenvalue weighted by Crippen LogP contribution is 2.43. The minimum absolute atomic E-state index is 0.00451. The average Bonchev–Trinajstić information content (AvgIpc) is 3.42. The van der Waals surface area contributed by atoms with Crippen LogP contribution in [0.1, 0.15) is 18.1 Å². The van der Waals surface area contributed by atoms with Crippen molar-refractivity contribution in [2.24, 2.45) is 5.10 Å². The maximum Gasteiger partial charge on any atom is 0.282 e. The quantitative estimate of drug-likeness (QED) is 0.147. The first kappa shape index (κ1) is 29.1. The third kappa shape index (κ3) is 5.82. The van der Waals surface area contributed by atoms with E-state index >= 15 is 0 Å². The van der Waals surface area contributed by atoms with E-state index < -0.39 is 0 Å². The molecule has 7 nitrogen and oxygen atoms in total. The Morgan fingerprint density at radius 1 is 1.02 bits per heavy atom. The van der Waals surface area contributed by atoms with Crippen molar-refractivity contribution in [2.75, 3.05) is 6.61 Å². The minimum atomic E-state index is -0.375. The predicted octanol–water partition coefficient (Wildman–Crippen LogP) is 8.99. The molecular weight excluding hydrogens is 705 g/mol. The lowest BCUT2D eigenvalue weighted by Gasteiger charge is -2.16. The molecule has 4 aromatic carbocycles. The zero-order valence-electron chi connectivity index (χ0n) is 22.5. The van der Waals surface area contributed by atoms with Crippen LogP contribution in [-0.2, 0) is 6.61 Å². The number of rotatable bonds is 8. The number of benzene rings is 4. The molecule has 0 aliphatic carbocycles. The highest BCUT2D eigenvalue weighted by molar-refractivity contribution is 9.13. The van der Waals surface area contributed by atoms with Gasteiger partial charge in [0, 0.05) is 26.0 Å². The van der Waals surface area contributed by atoms with Gasteiger partial charge in [-0.2, -0.15) is 9.78 Å². The number of para-hydroxylation sites is 1. The first-order valence-electron chi connectivity index (χ1n) is 13.1. The standard InChI is InChI=1S/C32H21Br2ClFN3O4/c1-2-41-26-15-20(28(33)29(34)30(26)42-17-18-7-3-5-9-23(18)36)16-37-39-31(38-24-10-6-4-8-22(24)32(39)40)27-14-19-13-21(35)11-12-25(19)43-27/h3-16H,2,17H2,1H3. The molecule has 2 heterocycles. The number of hydrogen-bond donors (Lipinski definition) is 0. The third-order valence-electron chi connectivity index (χ3n) is 6.55. The summed E-state index contributed by atoms with van der Waals surface area (Å²) in [5.74, 6) is 1.01. The summed E-state index contributed by atoms with van der Waals surface area (Å²) in [4.78, 5) is 18.4. The molecule has 0 atom stereocenters. The van der Waals surface area contributed by atoms with Gasteiger partial charge in [-0.1, -0.05) is 41.9 Å². The predicted molar refractivity (Wildman–Crippen MR) is 173 cm³/mol. The summed E-state index contributed by atoms with van der Waals surface area (Å²) in [6, 6.07) is 22.2. The summed E-state index contributed by atoms with van der Waals surface area (Å²) in [5.41, 5.74) is 1.71. The Hall–Kier alpha value is -3.99. The largest absolute Gasteiger partial charge is 0.490 e. The summed E-state index contributed by atoms with van der Waals surface area (Å²) in [6.07, 6.45) is 1.51. The highest BCUT2D eigenvalue weighted by atomic mass is 79.9. The van der Waals surface area contributed by atoms with E-state index in [-0.39, 0.29) is 23.8 Å². The summed E-state index contributed by atoms with van der Waals surface area (Å²) in [6.45, 7) is 2.20. The number of nitrogens with zero attached hydrogens (tertiary/aromatic N) is 3. The summed E-state index contributed by atoms with van der Waals surface area (Å²) < 4.78 is 34.4. The highest BCUT2D eigenvalue weighted by Gasteiger charge is 2.20. The van der Waals surface area contributed by atoms with Crippen LogP contribution < -0.4 is 15.0 Å². The van der Waals surface area contributed by atoms with Gasteiger partial charge in [-0.15, -0.1) is 0 Å². The maximum atomic E-state index is 14.2. The molecule has 0 fully saturated rings. The summed E-state index contributed by atoms with van der Waals surface area (Å²) in [7, 11) is 0. The van der Waals surface area contributed by atoms with Crippen LogP contribution in [0.25, 0.3) is 33.5 Å². The fraction of sp³-hybridized carbons (Fsp3) is 0.0938. The van der Waals surface area contributed by atoms with Crippen molar-refractivity contribution in [2.45, 2.75) is 13.5 Å². The van der Waals surface area contributed by atoms with Crippen LogP contribution in [0, 0.1) is 5.82 Å². The summed E-state index contributed by atoms with van der Waals surface area (Å²) in [5, 5.41) is 6.28. The van der Waals surface area contributed by atoms with E-state index in [9.17, 15) is 9.18 Å². The molecule has 0 radical (unpaired) electrons. The molecule has 0 aliphatic heterocycles. The Morgan fingerprint density at radius 2 is 1.81 bits per heavy atom. The van der Waals surface area contributed by atoms with Crippen molar-refractivity contribution in [1.29, 1.82) is 0 Å². The van der Waals surface area contributed by atoms with E-state index in [2.05, 4.69) is 37.0 Å². The molecule has 6 rings (SSSR count). The van der Waals surface area contributed by atoms with Gasteiger partial charge in [0.2, 0.25) is 5.82 Å². The smallest absolute Gasteiger partial charge is 0.282 e. The van der Waals surface area contributed by atoms with Crippen molar-refractivity contribution in [3.05, 3.63) is 120 Å². The Bertz CT molecular complexity index is 2090. The molecule has 0 saturated heterocycles. The maximum absolute atomic E-state index is 14.2. The number of ether oxygens (including phenoxy) is 2. The zero-order valence-corrected chi connectivity index (χ0v) is 26.4. The van der Waals surface area contributed by atoms with Gasteiger partial charge in [0.25, 0.3) is 5.56 Å². The van der Waals surface area contributed by atoms with E-state index in [1.807, 2.05) is 13.0 Å². The van der Waals surface area contributed by atoms with Crippen molar-refractivity contribution < 1.29 is 18.3 Å². The Morgan fingerprint density at radius 3 is 2.63 bits per heavy atom. The fourth-order valence-electron chi connectivity index (χ4n) is 4.50. The van der Waals surface area contributed by atoms with Gasteiger partial charge in [0.1, 0.15) is 18.0 Å². The monoisotopic (exact) mass is 723 g/mol. The first-order valence-corrected chi connectivity index (χ1v) is 15.1. The Balaban J connectivity index is 1.44. The van der Waals surface area contributed by atoms with E-state index in [0.717, 1.165) is 5.39 Å². The van der Waals surface area contributed by atoms with Crippen LogP contribution in [0.4, 0.5) is 4.39 Å². The van der Waals surface area contributed by atoms with Crippen molar-refractivity contribution in [3.63, 3.8) is 0 Å². The van der Waals surface area contributed by atoms with Crippen LogP contribution in [-0.4, -0.2) is 22.5 Å². The van der Waals surface area contributed by atoms with Crippen molar-refractivity contribution in [3.8, 4) is 23.1 Å². The van der Waals surface area contributed by atoms with Gasteiger partial charge in [-0.3, -0.25) is 4.79 Å². The van der Waals surface area contributed by atoms with Crippen LogP contribution in [0.15, 0.2) is 102 Å². The minimum Gasteiger partial charge on any atom is -0.490 e. The van der Waals surface area contributed by atoms with Gasteiger partial charge in [0.05, 0.1) is 28.2 Å². The lowest BCUT2D eigenvalue weighted by atomic mass is 10.2. The number of hydrogen-bond acceptors (Lipinski definition) is 6. The normalized spacial score (nSPS) is 11.6. The van der Waals surface area contributed by atoms with E-state index in [1.54, 1.807) is 66.7 Å². The Kier molecular flexibility index (Phi) is 8.34. The molecule has 2 aromatic heterocycles. The molecular formula is C32H21Br2ClFN3O4. The fourth-order valence-corrected chi connectivity index (χ4v) is 5.61. The molecule has 0 bridgehead atoms. The molecule has 6 aromatic rings. The van der Waals surface area contributed by atoms with Gasteiger partial charge in [0.15, 0.2) is 17.3 Å². The molecule has 216 valence electrons. The molecule has 43 heavy (non-hydrogen) atoms. The second-order valence-electron chi connectivity index (χ2n) is 9.34. The number of fused-ring (bicyclic) bond motifs is 2. The third-order valence-corrected chi connectivity index (χ3v) is 8.93. The second-order valence-corrected chi connectivity index (χ2v) is 11.4. The Labute approximate surface area is 266 Å². The average molecular weight is 726 g/mol. The summed E-state index contributed by atoms with van der Waals surface area (Å²) >= 11 is 13.4. The van der Waals surface area contributed by atoms with E-state index in [0.29, 0.717) is 65.4 Å².